The summed E-state index contributed by atoms with van der Waals surface area (Å²) in [7, 11) is 0. The number of rotatable bonds is 1. The molecule has 1 aliphatic carbocycles. The van der Waals surface area contributed by atoms with Crippen LogP contribution in [0.3, 0.4) is 0 Å². The third kappa shape index (κ3) is 1.90. The molecule has 0 radical (unpaired) electrons. The zero-order valence-corrected chi connectivity index (χ0v) is 10.6. The second-order valence-corrected chi connectivity index (χ2v) is 5.34. The Morgan fingerprint density at radius 3 is 2.53 bits per heavy atom. The Morgan fingerprint density at radius 1 is 1.12 bits per heavy atom. The highest BCUT2D eigenvalue weighted by Crippen LogP contribution is 2.47. The van der Waals surface area contributed by atoms with Gasteiger partial charge in [0.1, 0.15) is 6.10 Å². The smallest absolute Gasteiger partial charge is 0.169 e. The predicted octanol–water partition coefficient (Wildman–Crippen LogP) is 3.74. The third-order valence-electron chi connectivity index (χ3n) is 4.03. The van der Waals surface area contributed by atoms with Crippen molar-refractivity contribution in [1.29, 1.82) is 0 Å². The molecule has 1 saturated carbocycles. The first-order valence-electron chi connectivity index (χ1n) is 6.61. The van der Waals surface area contributed by atoms with Gasteiger partial charge >= 0.3 is 0 Å². The van der Waals surface area contributed by atoms with Crippen LogP contribution >= 0.6 is 0 Å². The van der Waals surface area contributed by atoms with E-state index in [9.17, 15) is 0 Å². The molecule has 1 heterocycles. The monoisotopic (exact) mass is 232 g/mol. The summed E-state index contributed by atoms with van der Waals surface area (Å²) in [6.07, 6.45) is 4.84. The van der Waals surface area contributed by atoms with E-state index in [0.29, 0.717) is 0 Å². The predicted molar refractivity (Wildman–Crippen MR) is 66.8 cm³/mol. The van der Waals surface area contributed by atoms with Gasteiger partial charge in [-0.25, -0.2) is 0 Å². The lowest BCUT2D eigenvalue weighted by atomic mass is 10.0. The molecule has 2 unspecified atom stereocenters. The first-order chi connectivity index (χ1) is 8.20. The summed E-state index contributed by atoms with van der Waals surface area (Å²) < 4.78 is 12.4. The fourth-order valence-corrected chi connectivity index (χ4v) is 3.13. The minimum absolute atomic E-state index is 0.106. The van der Waals surface area contributed by atoms with E-state index in [1.54, 1.807) is 0 Å². The number of benzene rings is 1. The van der Waals surface area contributed by atoms with E-state index in [1.807, 2.05) is 0 Å². The molecular formula is C15H20O2. The van der Waals surface area contributed by atoms with E-state index < -0.39 is 0 Å². The average Bonchev–Trinajstić information content (AvgIpc) is 2.88. The van der Waals surface area contributed by atoms with Crippen molar-refractivity contribution in [3.8, 4) is 0 Å². The maximum absolute atomic E-state index is 6.27. The summed E-state index contributed by atoms with van der Waals surface area (Å²) in [5, 5.41) is 0. The van der Waals surface area contributed by atoms with Crippen molar-refractivity contribution in [3.63, 3.8) is 0 Å². The maximum atomic E-state index is 6.27. The van der Waals surface area contributed by atoms with Crippen molar-refractivity contribution < 1.29 is 9.47 Å². The molecule has 17 heavy (non-hydrogen) atoms. The molecule has 2 aliphatic rings. The molecule has 1 aliphatic heterocycles. The Labute approximate surface area is 103 Å². The van der Waals surface area contributed by atoms with E-state index in [1.165, 1.54) is 24.0 Å². The van der Waals surface area contributed by atoms with Crippen LogP contribution in [0.4, 0.5) is 0 Å². The summed E-state index contributed by atoms with van der Waals surface area (Å²) in [5.41, 5.74) is 2.58. The van der Waals surface area contributed by atoms with Gasteiger partial charge in [0.05, 0.1) is 6.10 Å². The van der Waals surface area contributed by atoms with Crippen LogP contribution in [-0.4, -0.2) is 11.9 Å². The van der Waals surface area contributed by atoms with E-state index in [2.05, 4.69) is 38.1 Å². The van der Waals surface area contributed by atoms with Crippen LogP contribution in [0.1, 0.15) is 49.8 Å². The van der Waals surface area contributed by atoms with Gasteiger partial charge in [-0.3, -0.25) is 0 Å². The van der Waals surface area contributed by atoms with Crippen molar-refractivity contribution in [1.82, 2.24) is 0 Å². The largest absolute Gasteiger partial charge is 0.344 e. The van der Waals surface area contributed by atoms with Crippen LogP contribution in [0.5, 0.6) is 0 Å². The Kier molecular flexibility index (Phi) is 2.72. The molecule has 0 aromatic heterocycles. The number of hydrogen-bond donors (Lipinski definition) is 0. The lowest BCUT2D eigenvalue weighted by Crippen LogP contribution is -2.26. The minimum Gasteiger partial charge on any atom is -0.344 e. The normalized spacial score (nSPS) is 31.2. The molecule has 1 aromatic carbocycles. The quantitative estimate of drug-likeness (QED) is 0.734. The van der Waals surface area contributed by atoms with Gasteiger partial charge in [0.2, 0.25) is 0 Å². The van der Waals surface area contributed by atoms with E-state index in [-0.39, 0.29) is 18.0 Å². The highest BCUT2D eigenvalue weighted by molar-refractivity contribution is 5.29. The van der Waals surface area contributed by atoms with Crippen LogP contribution in [0.15, 0.2) is 24.3 Å². The number of hydrogen-bond acceptors (Lipinski definition) is 2. The molecule has 1 saturated heterocycles. The summed E-state index contributed by atoms with van der Waals surface area (Å²) >= 11 is 0. The number of ether oxygens (including phenoxy) is 2. The van der Waals surface area contributed by atoms with Crippen molar-refractivity contribution in [3.05, 3.63) is 35.4 Å². The second kappa shape index (κ2) is 4.11. The lowest BCUT2D eigenvalue weighted by Gasteiger charge is -2.22. The van der Waals surface area contributed by atoms with Crippen molar-refractivity contribution in [2.75, 3.05) is 0 Å². The molecule has 3 rings (SSSR count). The van der Waals surface area contributed by atoms with E-state index in [0.717, 1.165) is 12.8 Å². The third-order valence-corrected chi connectivity index (χ3v) is 4.03. The minimum atomic E-state index is -0.271. The Balaban J connectivity index is 1.87. The fourth-order valence-electron chi connectivity index (χ4n) is 3.13. The van der Waals surface area contributed by atoms with Crippen LogP contribution < -0.4 is 0 Å². The highest BCUT2D eigenvalue weighted by Gasteiger charge is 2.48. The van der Waals surface area contributed by atoms with Crippen LogP contribution in [0, 0.1) is 6.92 Å². The Bertz CT molecular complexity index is 407. The average molecular weight is 232 g/mol. The van der Waals surface area contributed by atoms with Gasteiger partial charge in [0, 0.05) is 12.8 Å². The summed E-state index contributed by atoms with van der Waals surface area (Å²) in [4.78, 5) is 0. The molecule has 0 N–H and O–H groups in total. The topological polar surface area (TPSA) is 18.5 Å². The Morgan fingerprint density at radius 2 is 1.82 bits per heavy atom. The van der Waals surface area contributed by atoms with Gasteiger partial charge in [-0.15, -0.1) is 0 Å². The number of aryl methyl sites for hydroxylation is 1. The maximum Gasteiger partial charge on any atom is 0.169 e. The Hall–Kier alpha value is -0.860. The van der Waals surface area contributed by atoms with Crippen LogP contribution in [-0.2, 0) is 9.47 Å². The lowest BCUT2D eigenvalue weighted by molar-refractivity contribution is -0.168. The van der Waals surface area contributed by atoms with Gasteiger partial charge in [0.25, 0.3) is 0 Å². The highest BCUT2D eigenvalue weighted by atomic mass is 16.8. The van der Waals surface area contributed by atoms with E-state index >= 15 is 0 Å². The van der Waals surface area contributed by atoms with Crippen molar-refractivity contribution >= 4 is 0 Å². The fraction of sp³-hybridized carbons (Fsp3) is 0.600. The molecule has 1 aromatic rings. The molecular weight excluding hydrogens is 212 g/mol. The molecule has 2 fully saturated rings. The van der Waals surface area contributed by atoms with E-state index in [4.69, 9.17) is 9.47 Å². The SMILES string of the molecule is Cc1ccccc1C1OC2(CCCC2)OC1C. The first-order valence-corrected chi connectivity index (χ1v) is 6.61. The van der Waals surface area contributed by atoms with Gasteiger partial charge in [-0.1, -0.05) is 24.3 Å². The molecule has 2 nitrogen and oxygen atoms in total. The summed E-state index contributed by atoms with van der Waals surface area (Å²) in [6.45, 7) is 4.27. The van der Waals surface area contributed by atoms with Gasteiger partial charge in [0.15, 0.2) is 5.79 Å². The first kappa shape index (κ1) is 11.2. The van der Waals surface area contributed by atoms with Gasteiger partial charge in [-0.2, -0.15) is 0 Å². The summed E-state index contributed by atoms with van der Waals surface area (Å²) in [6, 6.07) is 8.46. The van der Waals surface area contributed by atoms with Crippen molar-refractivity contribution in [2.45, 2.75) is 57.5 Å². The zero-order valence-electron chi connectivity index (χ0n) is 10.6. The molecule has 92 valence electrons. The second-order valence-electron chi connectivity index (χ2n) is 5.34. The molecule has 1 spiro atoms. The zero-order chi connectivity index (χ0) is 11.9. The standard InChI is InChI=1S/C15H20O2/c1-11-7-3-4-8-13(11)14-12(2)16-15(17-14)9-5-6-10-15/h3-4,7-8,12,14H,5-6,9-10H2,1-2H3. The van der Waals surface area contributed by atoms with Gasteiger partial charge in [-0.05, 0) is 37.8 Å². The van der Waals surface area contributed by atoms with Crippen LogP contribution in [0.25, 0.3) is 0 Å². The molecule has 0 amide bonds. The molecule has 0 bridgehead atoms. The molecule has 2 atom stereocenters. The van der Waals surface area contributed by atoms with Gasteiger partial charge < -0.3 is 9.47 Å². The van der Waals surface area contributed by atoms with Crippen molar-refractivity contribution in [2.24, 2.45) is 0 Å². The molecule has 2 heteroatoms. The summed E-state index contributed by atoms with van der Waals surface area (Å²) in [5.74, 6) is -0.271. The van der Waals surface area contributed by atoms with Crippen LogP contribution in [0.2, 0.25) is 0 Å².